The molecule has 1 heterocycles. The van der Waals surface area contributed by atoms with E-state index >= 15 is 0 Å². The molecule has 0 fully saturated rings. The van der Waals surface area contributed by atoms with E-state index in [0.29, 0.717) is 11.3 Å². The van der Waals surface area contributed by atoms with Gasteiger partial charge in [-0.25, -0.2) is 4.68 Å². The molecule has 1 aromatic heterocycles. The van der Waals surface area contributed by atoms with E-state index in [2.05, 4.69) is 10.4 Å². The van der Waals surface area contributed by atoms with Gasteiger partial charge in [-0.15, -0.1) is 0 Å². The predicted molar refractivity (Wildman–Crippen MR) is 75.0 cm³/mol. The Morgan fingerprint density at radius 3 is 2.75 bits per heavy atom. The average Bonchev–Trinajstić information content (AvgIpc) is 2.41. The standard InChI is InChI=1S/C13H14N4O3/c1-9-5-13(18)16(15-7-9)8-10-3-4-11(14-2)12(6-10)17(19)20/h3-7,14H,8H2,1-2H3. The smallest absolute Gasteiger partial charge is 0.292 e. The summed E-state index contributed by atoms with van der Waals surface area (Å²) >= 11 is 0. The minimum absolute atomic E-state index is 0.0230. The van der Waals surface area contributed by atoms with Crippen LogP contribution in [0.25, 0.3) is 0 Å². The summed E-state index contributed by atoms with van der Waals surface area (Å²) in [4.78, 5) is 22.3. The zero-order valence-electron chi connectivity index (χ0n) is 11.2. The Hall–Kier alpha value is -2.70. The van der Waals surface area contributed by atoms with Gasteiger partial charge in [0.25, 0.3) is 11.2 Å². The van der Waals surface area contributed by atoms with Gasteiger partial charge in [-0.2, -0.15) is 5.10 Å². The third kappa shape index (κ3) is 2.82. The number of anilines is 1. The van der Waals surface area contributed by atoms with Gasteiger partial charge in [-0.05, 0) is 24.1 Å². The number of hydrogen-bond donors (Lipinski definition) is 1. The quantitative estimate of drug-likeness (QED) is 0.674. The lowest BCUT2D eigenvalue weighted by Crippen LogP contribution is -2.22. The van der Waals surface area contributed by atoms with E-state index in [-0.39, 0.29) is 17.8 Å². The molecule has 0 atom stereocenters. The van der Waals surface area contributed by atoms with E-state index in [9.17, 15) is 14.9 Å². The summed E-state index contributed by atoms with van der Waals surface area (Å²) in [5.74, 6) is 0. The fourth-order valence-corrected chi connectivity index (χ4v) is 1.85. The number of benzene rings is 1. The molecule has 1 N–H and O–H groups in total. The minimum Gasteiger partial charge on any atom is -0.383 e. The van der Waals surface area contributed by atoms with Crippen molar-refractivity contribution in [2.45, 2.75) is 13.5 Å². The molecule has 0 aliphatic carbocycles. The molecule has 0 bridgehead atoms. The van der Waals surface area contributed by atoms with Crippen molar-refractivity contribution in [2.75, 3.05) is 12.4 Å². The van der Waals surface area contributed by atoms with Gasteiger partial charge in [0.15, 0.2) is 0 Å². The van der Waals surface area contributed by atoms with Crippen LogP contribution in [0.4, 0.5) is 11.4 Å². The van der Waals surface area contributed by atoms with Gasteiger partial charge in [0.05, 0.1) is 17.7 Å². The summed E-state index contributed by atoms with van der Waals surface area (Å²) in [7, 11) is 1.62. The van der Waals surface area contributed by atoms with E-state index in [4.69, 9.17) is 0 Å². The fraction of sp³-hybridized carbons (Fsp3) is 0.231. The van der Waals surface area contributed by atoms with Crippen LogP contribution in [0.3, 0.4) is 0 Å². The van der Waals surface area contributed by atoms with Gasteiger partial charge >= 0.3 is 0 Å². The summed E-state index contributed by atoms with van der Waals surface area (Å²) in [6.45, 7) is 1.98. The maximum Gasteiger partial charge on any atom is 0.292 e. The zero-order valence-corrected chi connectivity index (χ0v) is 11.2. The van der Waals surface area contributed by atoms with Crippen LogP contribution in [0.5, 0.6) is 0 Å². The molecule has 0 aliphatic rings. The number of nitro benzene ring substituents is 1. The van der Waals surface area contributed by atoms with E-state index in [1.54, 1.807) is 32.3 Å². The average molecular weight is 274 g/mol. The Morgan fingerprint density at radius 2 is 2.15 bits per heavy atom. The van der Waals surface area contributed by atoms with Gasteiger partial charge in [0, 0.05) is 19.2 Å². The Kier molecular flexibility index (Phi) is 3.79. The second kappa shape index (κ2) is 5.52. The molecule has 2 rings (SSSR count). The number of nitro groups is 1. The molecule has 20 heavy (non-hydrogen) atoms. The van der Waals surface area contributed by atoms with E-state index < -0.39 is 4.92 Å². The molecule has 0 unspecified atom stereocenters. The SMILES string of the molecule is CNc1ccc(Cn2ncc(C)cc2=O)cc1[N+](=O)[O-]. The molecule has 0 radical (unpaired) electrons. The van der Waals surface area contributed by atoms with Crippen molar-refractivity contribution in [2.24, 2.45) is 0 Å². The fourth-order valence-electron chi connectivity index (χ4n) is 1.85. The van der Waals surface area contributed by atoms with E-state index in [1.165, 1.54) is 16.8 Å². The Bertz CT molecular complexity index is 709. The zero-order chi connectivity index (χ0) is 14.7. The predicted octanol–water partition coefficient (Wildman–Crippen LogP) is 1.55. The Morgan fingerprint density at radius 1 is 1.40 bits per heavy atom. The maximum absolute atomic E-state index is 11.7. The monoisotopic (exact) mass is 274 g/mol. The summed E-state index contributed by atoms with van der Waals surface area (Å²) in [6, 6.07) is 6.27. The van der Waals surface area contributed by atoms with Crippen LogP contribution in [0.1, 0.15) is 11.1 Å². The normalized spacial score (nSPS) is 10.3. The molecule has 7 heteroatoms. The molecule has 104 valence electrons. The van der Waals surface area contributed by atoms with Crippen LogP contribution in [0, 0.1) is 17.0 Å². The molecular weight excluding hydrogens is 260 g/mol. The number of aryl methyl sites for hydroxylation is 1. The Labute approximate surface area is 115 Å². The van der Waals surface area contributed by atoms with E-state index in [1.807, 2.05) is 0 Å². The summed E-state index contributed by atoms with van der Waals surface area (Å²) in [5, 5.41) is 17.7. The first-order chi connectivity index (χ1) is 9.51. The van der Waals surface area contributed by atoms with Crippen LogP contribution in [-0.2, 0) is 6.54 Å². The van der Waals surface area contributed by atoms with Crippen LogP contribution < -0.4 is 10.9 Å². The second-order valence-corrected chi connectivity index (χ2v) is 4.39. The molecule has 0 saturated heterocycles. The minimum atomic E-state index is -0.458. The van der Waals surface area contributed by atoms with Crippen molar-refractivity contribution in [3.63, 3.8) is 0 Å². The second-order valence-electron chi connectivity index (χ2n) is 4.39. The van der Waals surface area contributed by atoms with Crippen molar-refractivity contribution >= 4 is 11.4 Å². The van der Waals surface area contributed by atoms with Crippen LogP contribution >= 0.6 is 0 Å². The largest absolute Gasteiger partial charge is 0.383 e. The van der Waals surface area contributed by atoms with Gasteiger partial charge in [0.1, 0.15) is 5.69 Å². The third-order valence-electron chi connectivity index (χ3n) is 2.87. The molecule has 0 aliphatic heterocycles. The van der Waals surface area contributed by atoms with Crippen LogP contribution in [0.2, 0.25) is 0 Å². The lowest BCUT2D eigenvalue weighted by molar-refractivity contribution is -0.384. The number of nitrogens with zero attached hydrogens (tertiary/aromatic N) is 3. The topological polar surface area (TPSA) is 90.1 Å². The molecule has 0 spiro atoms. The molecule has 2 aromatic rings. The lowest BCUT2D eigenvalue weighted by atomic mass is 10.1. The van der Waals surface area contributed by atoms with Gasteiger partial charge in [-0.3, -0.25) is 14.9 Å². The molecule has 0 saturated carbocycles. The highest BCUT2D eigenvalue weighted by molar-refractivity contribution is 5.62. The third-order valence-corrected chi connectivity index (χ3v) is 2.87. The summed E-state index contributed by atoms with van der Waals surface area (Å²) < 4.78 is 1.27. The number of rotatable bonds is 4. The van der Waals surface area contributed by atoms with Crippen molar-refractivity contribution in [1.29, 1.82) is 0 Å². The van der Waals surface area contributed by atoms with Crippen molar-refractivity contribution in [3.8, 4) is 0 Å². The van der Waals surface area contributed by atoms with Crippen LogP contribution in [0.15, 0.2) is 35.3 Å². The maximum atomic E-state index is 11.7. The molecule has 7 nitrogen and oxygen atoms in total. The summed E-state index contributed by atoms with van der Waals surface area (Å²) in [6.07, 6.45) is 1.58. The van der Waals surface area contributed by atoms with E-state index in [0.717, 1.165) is 5.56 Å². The van der Waals surface area contributed by atoms with Crippen molar-refractivity contribution < 1.29 is 4.92 Å². The van der Waals surface area contributed by atoms with Gasteiger partial charge < -0.3 is 5.32 Å². The Balaban J connectivity index is 2.37. The highest BCUT2D eigenvalue weighted by atomic mass is 16.6. The number of aromatic nitrogens is 2. The van der Waals surface area contributed by atoms with Gasteiger partial charge in [-0.1, -0.05) is 6.07 Å². The first-order valence-electron chi connectivity index (χ1n) is 6.00. The van der Waals surface area contributed by atoms with Crippen molar-refractivity contribution in [3.05, 3.63) is 62.1 Å². The molecule has 0 amide bonds. The number of hydrogen-bond acceptors (Lipinski definition) is 5. The molecular formula is C13H14N4O3. The summed E-state index contributed by atoms with van der Waals surface area (Å²) in [5.41, 5.74) is 1.61. The van der Waals surface area contributed by atoms with Crippen molar-refractivity contribution in [1.82, 2.24) is 9.78 Å². The lowest BCUT2D eigenvalue weighted by Gasteiger charge is -2.07. The highest BCUT2D eigenvalue weighted by Gasteiger charge is 2.13. The first-order valence-corrected chi connectivity index (χ1v) is 6.00. The van der Waals surface area contributed by atoms with Crippen LogP contribution in [-0.4, -0.2) is 21.8 Å². The number of nitrogens with one attached hydrogen (secondary N) is 1. The van der Waals surface area contributed by atoms with Gasteiger partial charge in [0.2, 0.25) is 0 Å². The highest BCUT2D eigenvalue weighted by Crippen LogP contribution is 2.25. The first kappa shape index (κ1) is 13.7. The molecule has 1 aromatic carbocycles.